The summed E-state index contributed by atoms with van der Waals surface area (Å²) in [4.78, 5) is 18.5. The maximum absolute atomic E-state index is 13.4. The third-order valence-electron chi connectivity index (χ3n) is 6.33. The molecule has 170 valence electrons. The fourth-order valence-electron chi connectivity index (χ4n) is 4.53. The number of pyridine rings is 1. The van der Waals surface area contributed by atoms with Gasteiger partial charge in [0.25, 0.3) is 5.56 Å². The van der Waals surface area contributed by atoms with E-state index in [4.69, 9.17) is 0 Å². The second-order valence-corrected chi connectivity index (χ2v) is 8.58. The molecule has 2 aromatic heterocycles. The number of hydrogen-bond donors (Lipinski definition) is 2. The van der Waals surface area contributed by atoms with E-state index in [9.17, 15) is 14.3 Å². The SMILES string of the molecule is Cc1cccc2cc(C(c3nnnn3Cc3ccc(F)cc3)N3CCC(O)CC3)c(=O)[nH]c12. The number of aromatic amines is 1. The molecule has 0 amide bonds. The van der Waals surface area contributed by atoms with E-state index < -0.39 is 6.04 Å². The Bertz CT molecular complexity index is 1330. The van der Waals surface area contributed by atoms with Gasteiger partial charge in [-0.15, -0.1) is 5.10 Å². The highest BCUT2D eigenvalue weighted by Gasteiger charge is 2.32. The Hall–Kier alpha value is -3.43. The van der Waals surface area contributed by atoms with Crippen LogP contribution in [-0.4, -0.2) is 54.4 Å². The van der Waals surface area contributed by atoms with Gasteiger partial charge in [0.2, 0.25) is 0 Å². The van der Waals surface area contributed by atoms with Crippen molar-refractivity contribution in [2.24, 2.45) is 0 Å². The highest BCUT2D eigenvalue weighted by atomic mass is 19.1. The zero-order valence-corrected chi connectivity index (χ0v) is 18.3. The van der Waals surface area contributed by atoms with Gasteiger partial charge >= 0.3 is 0 Å². The molecule has 5 rings (SSSR count). The third kappa shape index (κ3) is 4.29. The van der Waals surface area contributed by atoms with Gasteiger partial charge in [-0.3, -0.25) is 9.69 Å². The summed E-state index contributed by atoms with van der Waals surface area (Å²) < 4.78 is 15.0. The van der Waals surface area contributed by atoms with Crippen molar-refractivity contribution in [2.45, 2.75) is 38.5 Å². The van der Waals surface area contributed by atoms with Crippen LogP contribution in [-0.2, 0) is 6.54 Å². The molecule has 1 aliphatic rings. The quantitative estimate of drug-likeness (QED) is 0.487. The maximum atomic E-state index is 13.4. The number of piperidine rings is 1. The van der Waals surface area contributed by atoms with Crippen LogP contribution >= 0.6 is 0 Å². The first-order valence-corrected chi connectivity index (χ1v) is 11.0. The Morgan fingerprint density at radius 2 is 1.94 bits per heavy atom. The lowest BCUT2D eigenvalue weighted by Crippen LogP contribution is -2.41. The second-order valence-electron chi connectivity index (χ2n) is 8.58. The molecule has 1 atom stereocenters. The highest BCUT2D eigenvalue weighted by molar-refractivity contribution is 5.82. The summed E-state index contributed by atoms with van der Waals surface area (Å²) in [6, 6.07) is 13.5. The number of aryl methyl sites for hydroxylation is 1. The molecule has 8 nitrogen and oxygen atoms in total. The number of nitrogens with one attached hydrogen (secondary N) is 1. The molecule has 2 aromatic carbocycles. The van der Waals surface area contributed by atoms with Crippen LogP contribution in [0.1, 0.15) is 41.4 Å². The fraction of sp³-hybridized carbons (Fsp3) is 0.333. The molecule has 0 spiro atoms. The van der Waals surface area contributed by atoms with Crippen molar-refractivity contribution in [1.82, 2.24) is 30.1 Å². The molecule has 1 unspecified atom stereocenters. The molecule has 0 aliphatic carbocycles. The maximum Gasteiger partial charge on any atom is 0.253 e. The molecule has 1 saturated heterocycles. The Morgan fingerprint density at radius 3 is 2.70 bits per heavy atom. The minimum absolute atomic E-state index is 0.191. The average molecular weight is 449 g/mol. The van der Waals surface area contributed by atoms with Gasteiger partial charge in [0, 0.05) is 18.7 Å². The lowest BCUT2D eigenvalue weighted by molar-refractivity contribution is 0.0659. The lowest BCUT2D eigenvalue weighted by Gasteiger charge is -2.35. The van der Waals surface area contributed by atoms with Crippen LogP contribution in [0.5, 0.6) is 0 Å². The number of para-hydroxylation sites is 1. The molecule has 0 bridgehead atoms. The van der Waals surface area contributed by atoms with Crippen LogP contribution in [0, 0.1) is 12.7 Å². The van der Waals surface area contributed by atoms with Crippen molar-refractivity contribution in [3.05, 3.63) is 87.2 Å². The number of nitrogens with zero attached hydrogens (tertiary/aromatic N) is 5. The summed E-state index contributed by atoms with van der Waals surface area (Å²) >= 11 is 0. The summed E-state index contributed by atoms with van der Waals surface area (Å²) in [6.45, 7) is 3.53. The Balaban J connectivity index is 1.60. The predicted molar refractivity (Wildman–Crippen MR) is 121 cm³/mol. The van der Waals surface area contributed by atoms with Gasteiger partial charge in [-0.05, 0) is 64.9 Å². The van der Waals surface area contributed by atoms with Crippen LogP contribution in [0.3, 0.4) is 0 Å². The smallest absolute Gasteiger partial charge is 0.253 e. The van der Waals surface area contributed by atoms with Crippen LogP contribution in [0.2, 0.25) is 0 Å². The number of halogens is 1. The number of rotatable bonds is 5. The van der Waals surface area contributed by atoms with E-state index >= 15 is 0 Å². The molecular weight excluding hydrogens is 423 g/mol. The summed E-state index contributed by atoms with van der Waals surface area (Å²) in [6.07, 6.45) is 0.871. The van der Waals surface area contributed by atoms with Crippen LogP contribution in [0.4, 0.5) is 4.39 Å². The number of likely N-dealkylation sites (tertiary alicyclic amines) is 1. The van der Waals surface area contributed by atoms with Gasteiger partial charge in [0.05, 0.1) is 18.2 Å². The minimum Gasteiger partial charge on any atom is -0.393 e. The van der Waals surface area contributed by atoms with Crippen LogP contribution < -0.4 is 5.56 Å². The highest BCUT2D eigenvalue weighted by Crippen LogP contribution is 2.30. The van der Waals surface area contributed by atoms with Gasteiger partial charge in [0.1, 0.15) is 11.9 Å². The van der Waals surface area contributed by atoms with Crippen molar-refractivity contribution in [2.75, 3.05) is 13.1 Å². The van der Waals surface area contributed by atoms with Gasteiger partial charge in [-0.2, -0.15) is 0 Å². The van der Waals surface area contributed by atoms with Crippen molar-refractivity contribution in [3.63, 3.8) is 0 Å². The topological polar surface area (TPSA) is 99.9 Å². The monoisotopic (exact) mass is 448 g/mol. The van der Waals surface area contributed by atoms with E-state index in [1.165, 1.54) is 12.1 Å². The predicted octanol–water partition coefficient (Wildman–Crippen LogP) is 2.56. The van der Waals surface area contributed by atoms with E-state index in [1.54, 1.807) is 16.8 Å². The Labute approximate surface area is 189 Å². The van der Waals surface area contributed by atoms with Crippen molar-refractivity contribution in [3.8, 4) is 0 Å². The molecule has 0 radical (unpaired) electrons. The van der Waals surface area contributed by atoms with Gasteiger partial charge in [0.15, 0.2) is 5.82 Å². The zero-order valence-electron chi connectivity index (χ0n) is 18.3. The third-order valence-corrected chi connectivity index (χ3v) is 6.33. The molecule has 1 aliphatic heterocycles. The van der Waals surface area contributed by atoms with Crippen molar-refractivity contribution in [1.29, 1.82) is 0 Å². The minimum atomic E-state index is -0.485. The summed E-state index contributed by atoms with van der Waals surface area (Å²) in [5, 5.41) is 23.4. The lowest BCUT2D eigenvalue weighted by atomic mass is 9.99. The molecule has 1 fully saturated rings. The number of fused-ring (bicyclic) bond motifs is 1. The summed E-state index contributed by atoms with van der Waals surface area (Å²) in [7, 11) is 0. The molecular formula is C24H25FN6O2. The number of benzene rings is 2. The number of H-pyrrole nitrogens is 1. The first-order chi connectivity index (χ1) is 16.0. The molecule has 2 N–H and O–H groups in total. The summed E-state index contributed by atoms with van der Waals surface area (Å²) in [5.41, 5.74) is 3.02. The molecule has 9 heteroatoms. The largest absolute Gasteiger partial charge is 0.393 e. The number of aliphatic hydroxyl groups is 1. The number of hydrogen-bond acceptors (Lipinski definition) is 6. The second kappa shape index (κ2) is 8.84. The number of aliphatic hydroxyl groups excluding tert-OH is 1. The van der Waals surface area contributed by atoms with E-state index in [-0.39, 0.29) is 17.5 Å². The number of aromatic nitrogens is 5. The first-order valence-electron chi connectivity index (χ1n) is 11.0. The normalized spacial score (nSPS) is 16.3. The Kier molecular flexibility index (Phi) is 5.74. The van der Waals surface area contributed by atoms with Gasteiger partial charge in [-0.1, -0.05) is 30.3 Å². The van der Waals surface area contributed by atoms with E-state index in [2.05, 4.69) is 25.4 Å². The standard InChI is InChI=1S/C24H25FN6O2/c1-15-3-2-4-17-13-20(24(33)26-21(15)17)22(30-11-9-19(32)10-12-30)23-27-28-29-31(23)14-16-5-7-18(25)8-6-16/h2-8,13,19,22,32H,9-12,14H2,1H3,(H,26,33). The van der Waals surface area contributed by atoms with Gasteiger partial charge in [-0.25, -0.2) is 9.07 Å². The van der Waals surface area contributed by atoms with Crippen LogP contribution in [0.25, 0.3) is 10.9 Å². The molecule has 0 saturated carbocycles. The van der Waals surface area contributed by atoms with Crippen molar-refractivity contribution >= 4 is 10.9 Å². The van der Waals surface area contributed by atoms with E-state index in [0.717, 1.165) is 22.0 Å². The molecule has 4 aromatic rings. The van der Waals surface area contributed by atoms with E-state index in [1.807, 2.05) is 31.2 Å². The molecule has 33 heavy (non-hydrogen) atoms. The van der Waals surface area contributed by atoms with Gasteiger partial charge < -0.3 is 10.1 Å². The van der Waals surface area contributed by atoms with Crippen molar-refractivity contribution < 1.29 is 9.50 Å². The number of tetrazole rings is 1. The summed E-state index contributed by atoms with van der Waals surface area (Å²) in [5.74, 6) is 0.228. The average Bonchev–Trinajstić information content (AvgIpc) is 3.25. The Morgan fingerprint density at radius 1 is 1.18 bits per heavy atom. The van der Waals surface area contributed by atoms with Crippen LogP contribution in [0.15, 0.2) is 53.3 Å². The van der Waals surface area contributed by atoms with E-state index in [0.29, 0.717) is 43.9 Å². The fourth-order valence-corrected chi connectivity index (χ4v) is 4.53. The zero-order chi connectivity index (χ0) is 22.9. The first kappa shape index (κ1) is 21.4. The molecule has 3 heterocycles.